The predicted molar refractivity (Wildman–Crippen MR) is 121 cm³/mol. The number of carboxylic acids is 1. The van der Waals surface area contributed by atoms with Gasteiger partial charge in [0.2, 0.25) is 0 Å². The molecule has 0 unspecified atom stereocenters. The summed E-state index contributed by atoms with van der Waals surface area (Å²) < 4.78 is 49.3. The number of rotatable bonds is 10. The van der Waals surface area contributed by atoms with E-state index in [1.807, 2.05) is 0 Å². The number of anilines is 1. The lowest BCUT2D eigenvalue weighted by molar-refractivity contribution is -0.147. The number of amides is 1. The minimum Gasteiger partial charge on any atom is -0.507 e. The number of alkyl halides is 3. The average molecular weight is 518 g/mol. The van der Waals surface area contributed by atoms with E-state index in [1.54, 1.807) is 6.92 Å². The van der Waals surface area contributed by atoms with Gasteiger partial charge in [0.1, 0.15) is 17.2 Å². The molecule has 35 heavy (non-hydrogen) atoms. The Morgan fingerprint density at radius 1 is 1.09 bits per heavy atom. The molecule has 0 fully saturated rings. The summed E-state index contributed by atoms with van der Waals surface area (Å²) in [5.74, 6) is -3.63. The van der Waals surface area contributed by atoms with Crippen LogP contribution in [0.2, 0.25) is 5.02 Å². The number of phenolic OH excluding ortho intramolecular Hbond substituents is 1. The summed E-state index contributed by atoms with van der Waals surface area (Å²) in [5.41, 5.74) is 0.458. The monoisotopic (exact) mass is 517 g/mol. The number of carboxylic acid groups (broad SMARTS) is 1. The van der Waals surface area contributed by atoms with Crippen LogP contribution in [0.4, 0.5) is 18.9 Å². The number of Topliss-reactive ketones (excluding diaryl/α,β-unsaturated/α-hetero) is 1. The van der Waals surface area contributed by atoms with Gasteiger partial charge in [-0.1, -0.05) is 11.6 Å². The quantitative estimate of drug-likeness (QED) is 0.232. The number of ketones is 1. The Hall–Kier alpha value is -3.47. The Labute approximate surface area is 203 Å². The van der Waals surface area contributed by atoms with E-state index in [4.69, 9.17) is 26.2 Å². The van der Waals surface area contributed by atoms with Crippen LogP contribution in [0.5, 0.6) is 17.2 Å². The van der Waals surface area contributed by atoms with Gasteiger partial charge in [0, 0.05) is 24.5 Å². The SMILES string of the molecule is CC(=O)c1ccc(OCCCOc2cc(NC(=O)C(=O)O)c(Cl)cc2C)c(CCC(F)(F)F)c1O. The van der Waals surface area contributed by atoms with Crippen molar-refractivity contribution in [1.82, 2.24) is 0 Å². The molecule has 0 saturated heterocycles. The second-order valence-electron chi connectivity index (χ2n) is 7.52. The lowest BCUT2D eigenvalue weighted by atomic mass is 10.0. The zero-order valence-electron chi connectivity index (χ0n) is 18.8. The highest BCUT2D eigenvalue weighted by atomic mass is 35.5. The molecule has 2 aromatic carbocycles. The Morgan fingerprint density at radius 3 is 2.29 bits per heavy atom. The van der Waals surface area contributed by atoms with Gasteiger partial charge in [0.25, 0.3) is 0 Å². The first-order chi connectivity index (χ1) is 16.3. The van der Waals surface area contributed by atoms with E-state index in [1.165, 1.54) is 31.2 Å². The van der Waals surface area contributed by atoms with Gasteiger partial charge < -0.3 is 25.0 Å². The number of aryl methyl sites for hydroxylation is 1. The van der Waals surface area contributed by atoms with E-state index in [0.29, 0.717) is 11.3 Å². The van der Waals surface area contributed by atoms with Crippen molar-refractivity contribution in [2.45, 2.75) is 39.3 Å². The summed E-state index contributed by atoms with van der Waals surface area (Å²) in [4.78, 5) is 33.7. The molecule has 2 aromatic rings. The molecule has 0 aliphatic carbocycles. The van der Waals surface area contributed by atoms with Crippen molar-refractivity contribution in [3.8, 4) is 17.2 Å². The summed E-state index contributed by atoms with van der Waals surface area (Å²) in [5, 5.41) is 21.3. The molecular formula is C23H23ClF3NO7. The molecule has 8 nitrogen and oxygen atoms in total. The summed E-state index contributed by atoms with van der Waals surface area (Å²) in [6.45, 7) is 3.00. The lowest BCUT2D eigenvalue weighted by Crippen LogP contribution is -2.22. The molecule has 190 valence electrons. The fourth-order valence-corrected chi connectivity index (χ4v) is 3.31. The fraction of sp³-hybridized carbons (Fsp3) is 0.348. The van der Waals surface area contributed by atoms with Gasteiger partial charge in [0.05, 0.1) is 29.5 Å². The molecule has 0 radical (unpaired) electrons. The number of ether oxygens (including phenoxy) is 2. The number of aromatic hydroxyl groups is 1. The first-order valence-corrected chi connectivity index (χ1v) is 10.7. The van der Waals surface area contributed by atoms with Crippen molar-refractivity contribution in [2.75, 3.05) is 18.5 Å². The molecule has 12 heteroatoms. The molecule has 3 N–H and O–H groups in total. The number of halogens is 4. The van der Waals surface area contributed by atoms with Gasteiger partial charge in [-0.25, -0.2) is 4.79 Å². The zero-order valence-corrected chi connectivity index (χ0v) is 19.5. The summed E-state index contributed by atoms with van der Waals surface area (Å²) in [6, 6.07) is 5.47. The minimum absolute atomic E-state index is 0.0210. The molecule has 0 aliphatic heterocycles. The maximum Gasteiger partial charge on any atom is 0.394 e. The first kappa shape index (κ1) is 27.8. The molecule has 0 heterocycles. The van der Waals surface area contributed by atoms with Crippen molar-refractivity contribution in [2.24, 2.45) is 0 Å². The van der Waals surface area contributed by atoms with Crippen LogP contribution in [-0.4, -0.2) is 47.3 Å². The minimum atomic E-state index is -4.46. The van der Waals surface area contributed by atoms with Crippen molar-refractivity contribution in [3.63, 3.8) is 0 Å². The second-order valence-corrected chi connectivity index (χ2v) is 7.92. The Morgan fingerprint density at radius 2 is 1.71 bits per heavy atom. The standard InChI is InChI=1S/C23H23ClF3NO7/c1-12-10-16(24)17(28-21(31)22(32)33)11-19(12)35-9-3-8-34-18-5-4-14(13(2)29)20(30)15(18)6-7-23(25,26)27/h4-5,10-11,30H,3,6-9H2,1-2H3,(H,28,31)(H,32,33). The van der Waals surface area contributed by atoms with Crippen LogP contribution in [0.15, 0.2) is 24.3 Å². The van der Waals surface area contributed by atoms with Crippen molar-refractivity contribution < 1.29 is 47.2 Å². The number of carbonyl (C=O) groups excluding carboxylic acids is 2. The van der Waals surface area contributed by atoms with E-state index in [2.05, 4.69) is 5.32 Å². The number of aliphatic carboxylic acids is 1. The molecule has 1 amide bonds. The molecule has 0 saturated carbocycles. The lowest BCUT2D eigenvalue weighted by Gasteiger charge is -2.16. The van der Waals surface area contributed by atoms with Crippen LogP contribution >= 0.6 is 11.6 Å². The van der Waals surface area contributed by atoms with Crippen molar-refractivity contribution >= 4 is 34.9 Å². The van der Waals surface area contributed by atoms with Crippen LogP contribution in [0, 0.1) is 6.92 Å². The maximum atomic E-state index is 12.7. The smallest absolute Gasteiger partial charge is 0.394 e. The van der Waals surface area contributed by atoms with E-state index in [9.17, 15) is 32.7 Å². The average Bonchev–Trinajstić information content (AvgIpc) is 2.74. The van der Waals surface area contributed by atoms with Gasteiger partial charge in [-0.3, -0.25) is 9.59 Å². The number of carbonyl (C=O) groups is 3. The summed E-state index contributed by atoms with van der Waals surface area (Å²) in [7, 11) is 0. The zero-order chi connectivity index (χ0) is 26.3. The van der Waals surface area contributed by atoms with E-state index >= 15 is 0 Å². The number of phenols is 1. The fourth-order valence-electron chi connectivity index (χ4n) is 3.05. The highest BCUT2D eigenvalue weighted by Gasteiger charge is 2.29. The highest BCUT2D eigenvalue weighted by Crippen LogP contribution is 2.35. The highest BCUT2D eigenvalue weighted by molar-refractivity contribution is 6.39. The van der Waals surface area contributed by atoms with Crippen LogP contribution in [0.25, 0.3) is 0 Å². The molecule has 0 aliphatic rings. The van der Waals surface area contributed by atoms with E-state index < -0.39 is 42.4 Å². The third kappa shape index (κ3) is 8.06. The largest absolute Gasteiger partial charge is 0.507 e. The second kappa shape index (κ2) is 11.8. The number of benzene rings is 2. The molecular weight excluding hydrogens is 495 g/mol. The number of nitrogens with one attached hydrogen (secondary N) is 1. The first-order valence-electron chi connectivity index (χ1n) is 10.3. The van der Waals surface area contributed by atoms with Gasteiger partial charge in [-0.2, -0.15) is 13.2 Å². The van der Waals surface area contributed by atoms with Crippen LogP contribution < -0.4 is 14.8 Å². The Balaban J connectivity index is 2.03. The number of hydrogen-bond acceptors (Lipinski definition) is 6. The predicted octanol–water partition coefficient (Wildman–Crippen LogP) is 4.92. The van der Waals surface area contributed by atoms with Crippen LogP contribution in [-0.2, 0) is 16.0 Å². The van der Waals surface area contributed by atoms with Gasteiger partial charge >= 0.3 is 18.1 Å². The van der Waals surface area contributed by atoms with Crippen LogP contribution in [0.3, 0.4) is 0 Å². The van der Waals surface area contributed by atoms with Gasteiger partial charge in [-0.05, 0) is 44.0 Å². The molecule has 0 aromatic heterocycles. The maximum absolute atomic E-state index is 12.7. The summed E-state index contributed by atoms with van der Waals surface area (Å²) >= 11 is 6.02. The van der Waals surface area contributed by atoms with Gasteiger partial charge in [0.15, 0.2) is 5.78 Å². The van der Waals surface area contributed by atoms with Crippen LogP contribution in [0.1, 0.15) is 41.3 Å². The normalized spacial score (nSPS) is 11.1. The van der Waals surface area contributed by atoms with E-state index in [-0.39, 0.29) is 47.2 Å². The topological polar surface area (TPSA) is 122 Å². The third-order valence-electron chi connectivity index (χ3n) is 4.79. The van der Waals surface area contributed by atoms with Gasteiger partial charge in [-0.15, -0.1) is 0 Å². The third-order valence-corrected chi connectivity index (χ3v) is 5.10. The van der Waals surface area contributed by atoms with E-state index in [0.717, 1.165) is 0 Å². The van der Waals surface area contributed by atoms with Crippen molar-refractivity contribution in [3.05, 3.63) is 46.0 Å². The number of hydrogen-bond donors (Lipinski definition) is 3. The molecule has 0 bridgehead atoms. The molecule has 0 atom stereocenters. The Bertz CT molecular complexity index is 1120. The molecule has 2 rings (SSSR count). The van der Waals surface area contributed by atoms with Crippen molar-refractivity contribution in [1.29, 1.82) is 0 Å². The summed E-state index contributed by atoms with van der Waals surface area (Å²) in [6.07, 6.45) is -5.93. The molecule has 0 spiro atoms. The Kier molecular flexibility index (Phi) is 9.35.